The molecule has 34 heavy (non-hydrogen) atoms. The van der Waals surface area contributed by atoms with Gasteiger partial charge in [0.05, 0.1) is 19.0 Å². The summed E-state index contributed by atoms with van der Waals surface area (Å²) in [5, 5.41) is 12.9. The number of carbonyl (C=O) groups excluding carboxylic acids is 1. The number of guanidine groups is 1. The van der Waals surface area contributed by atoms with Crippen molar-refractivity contribution in [1.82, 2.24) is 9.88 Å². The van der Waals surface area contributed by atoms with Crippen molar-refractivity contribution in [2.45, 2.75) is 20.4 Å². The lowest BCUT2D eigenvalue weighted by molar-refractivity contribution is -0.133. The first-order valence-corrected chi connectivity index (χ1v) is 11.3. The maximum atomic E-state index is 13.3. The lowest BCUT2D eigenvalue weighted by Crippen LogP contribution is -2.49. The van der Waals surface area contributed by atoms with Crippen LogP contribution in [0, 0.1) is 23.2 Å². The predicted molar refractivity (Wildman–Crippen MR) is 132 cm³/mol. The molecule has 0 saturated carbocycles. The van der Waals surface area contributed by atoms with E-state index in [-0.39, 0.29) is 23.4 Å². The molecule has 0 aliphatic carbocycles. The van der Waals surface area contributed by atoms with Crippen molar-refractivity contribution < 1.29 is 9.53 Å². The topological polar surface area (TPSA) is 90.6 Å². The molecule has 1 aromatic heterocycles. The third-order valence-corrected chi connectivity index (χ3v) is 5.76. The van der Waals surface area contributed by atoms with Gasteiger partial charge in [-0.1, -0.05) is 43.6 Å². The Hall–Kier alpha value is -3.89. The molecule has 0 bridgehead atoms. The van der Waals surface area contributed by atoms with Crippen molar-refractivity contribution in [3.8, 4) is 17.7 Å². The quantitative estimate of drug-likeness (QED) is 0.511. The van der Waals surface area contributed by atoms with Crippen LogP contribution in [0.2, 0.25) is 5.02 Å². The van der Waals surface area contributed by atoms with Gasteiger partial charge in [-0.05, 0) is 53.9 Å². The molecule has 1 aliphatic rings. The number of benzene rings is 2. The van der Waals surface area contributed by atoms with Crippen molar-refractivity contribution in [3.63, 3.8) is 0 Å². The summed E-state index contributed by atoms with van der Waals surface area (Å²) in [6.07, 6.45) is 0. The molecule has 4 rings (SSSR count). The molecular weight excluding hydrogens is 450 g/mol. The maximum absolute atomic E-state index is 13.3. The zero-order valence-corrected chi connectivity index (χ0v) is 19.7. The van der Waals surface area contributed by atoms with Crippen LogP contribution in [0.5, 0.6) is 11.6 Å². The van der Waals surface area contributed by atoms with Crippen molar-refractivity contribution in [2.75, 3.05) is 11.9 Å². The largest absolute Gasteiger partial charge is 0.439 e. The minimum atomic E-state index is -0.162. The van der Waals surface area contributed by atoms with E-state index in [0.29, 0.717) is 35.7 Å². The molecule has 1 unspecified atom stereocenters. The second-order valence-electron chi connectivity index (χ2n) is 8.29. The van der Waals surface area contributed by atoms with Gasteiger partial charge in [0.15, 0.2) is 0 Å². The van der Waals surface area contributed by atoms with Gasteiger partial charge in [0.2, 0.25) is 17.7 Å². The molecule has 0 radical (unpaired) electrons. The summed E-state index contributed by atoms with van der Waals surface area (Å²) < 4.78 is 5.74. The van der Waals surface area contributed by atoms with Crippen molar-refractivity contribution in [1.29, 1.82) is 5.26 Å². The Morgan fingerprint density at radius 1 is 1.15 bits per heavy atom. The lowest BCUT2D eigenvalue weighted by atomic mass is 9.93. The highest BCUT2D eigenvalue weighted by molar-refractivity contribution is 6.30. The predicted octanol–water partition coefficient (Wildman–Crippen LogP) is 5.48. The second kappa shape index (κ2) is 10.4. The third kappa shape index (κ3) is 5.53. The number of hydrogen-bond acceptors (Lipinski definition) is 6. The van der Waals surface area contributed by atoms with Gasteiger partial charge in [-0.2, -0.15) is 5.26 Å². The highest BCUT2D eigenvalue weighted by Crippen LogP contribution is 2.25. The van der Waals surface area contributed by atoms with Gasteiger partial charge in [-0.25, -0.2) is 4.98 Å². The monoisotopic (exact) mass is 473 g/mol. The average Bonchev–Trinajstić information content (AvgIpc) is 2.83. The first-order valence-electron chi connectivity index (χ1n) is 11.0. The Morgan fingerprint density at radius 2 is 1.88 bits per heavy atom. The van der Waals surface area contributed by atoms with Crippen LogP contribution in [0.25, 0.3) is 0 Å². The molecule has 1 aliphatic heterocycles. The summed E-state index contributed by atoms with van der Waals surface area (Å²) in [5.74, 6) is 1.50. The minimum Gasteiger partial charge on any atom is -0.439 e. The average molecular weight is 474 g/mol. The van der Waals surface area contributed by atoms with E-state index >= 15 is 0 Å². The number of rotatable bonds is 6. The fraction of sp³-hybridized carbons (Fsp3) is 0.231. The Balaban J connectivity index is 1.51. The normalized spacial score (nSPS) is 15.6. The number of amides is 1. The van der Waals surface area contributed by atoms with E-state index in [4.69, 9.17) is 26.6 Å². The van der Waals surface area contributed by atoms with Crippen LogP contribution in [0.15, 0.2) is 71.7 Å². The number of aliphatic imine (C=N–C) groups is 1. The number of nitrogens with zero attached hydrogens (tertiary/aromatic N) is 4. The number of ether oxygens (including phenoxy) is 1. The van der Waals surface area contributed by atoms with Gasteiger partial charge in [0.25, 0.3) is 0 Å². The number of halogens is 1. The molecule has 1 atom stereocenters. The number of hydrogen-bond donors (Lipinski definition) is 1. The van der Waals surface area contributed by atoms with Crippen LogP contribution in [-0.2, 0) is 11.3 Å². The highest BCUT2D eigenvalue weighted by atomic mass is 35.5. The van der Waals surface area contributed by atoms with Crippen molar-refractivity contribution >= 4 is 29.2 Å². The van der Waals surface area contributed by atoms with E-state index in [9.17, 15) is 4.79 Å². The van der Waals surface area contributed by atoms with Gasteiger partial charge in [-0.3, -0.25) is 14.7 Å². The molecule has 1 amide bonds. The molecule has 0 spiro atoms. The Labute approximate surface area is 203 Å². The smallest absolute Gasteiger partial charge is 0.234 e. The van der Waals surface area contributed by atoms with E-state index in [0.717, 1.165) is 11.3 Å². The van der Waals surface area contributed by atoms with E-state index in [1.807, 2.05) is 56.3 Å². The molecule has 2 aromatic carbocycles. The van der Waals surface area contributed by atoms with Crippen LogP contribution in [0.3, 0.4) is 0 Å². The summed E-state index contributed by atoms with van der Waals surface area (Å²) in [6.45, 7) is 4.92. The van der Waals surface area contributed by atoms with Crippen LogP contribution in [0.1, 0.15) is 25.1 Å². The summed E-state index contributed by atoms with van der Waals surface area (Å²) in [4.78, 5) is 23.8. The van der Waals surface area contributed by atoms with Gasteiger partial charge in [-0.15, -0.1) is 0 Å². The number of carbonyl (C=O) groups is 1. The van der Waals surface area contributed by atoms with Gasteiger partial charge >= 0.3 is 0 Å². The molecular formula is C26H24ClN5O2. The van der Waals surface area contributed by atoms with Crippen molar-refractivity contribution in [2.24, 2.45) is 16.8 Å². The van der Waals surface area contributed by atoms with Crippen LogP contribution in [-0.4, -0.2) is 28.3 Å². The Bertz CT molecular complexity index is 1230. The third-order valence-electron chi connectivity index (χ3n) is 5.51. The summed E-state index contributed by atoms with van der Waals surface area (Å²) in [5.41, 5.74) is 2.02. The van der Waals surface area contributed by atoms with E-state index in [1.54, 1.807) is 35.2 Å². The van der Waals surface area contributed by atoms with Crippen LogP contribution in [0.4, 0.5) is 5.69 Å². The van der Waals surface area contributed by atoms with Gasteiger partial charge in [0, 0.05) is 16.8 Å². The first-order chi connectivity index (χ1) is 16.4. The summed E-state index contributed by atoms with van der Waals surface area (Å²) in [7, 11) is 0. The first kappa shape index (κ1) is 23.3. The lowest BCUT2D eigenvalue weighted by Gasteiger charge is -2.34. The van der Waals surface area contributed by atoms with E-state index in [2.05, 4.69) is 10.3 Å². The SMILES string of the molecule is CC(C)C1CN=C(Nc2ccc(Oc3cccc(C#N)n3)cc2)N(Cc2ccc(Cl)cc2)C1=O. The fourth-order valence-corrected chi connectivity index (χ4v) is 3.70. The fourth-order valence-electron chi connectivity index (χ4n) is 3.57. The molecule has 8 heteroatoms. The van der Waals surface area contributed by atoms with Crippen LogP contribution >= 0.6 is 11.6 Å². The maximum Gasteiger partial charge on any atom is 0.234 e. The summed E-state index contributed by atoms with van der Waals surface area (Å²) >= 11 is 6.02. The number of nitriles is 1. The Morgan fingerprint density at radius 3 is 2.56 bits per heavy atom. The number of nitrogens with one attached hydrogen (secondary N) is 1. The number of pyridine rings is 1. The molecule has 0 saturated heterocycles. The number of anilines is 1. The zero-order chi connectivity index (χ0) is 24.1. The second-order valence-corrected chi connectivity index (χ2v) is 8.73. The molecule has 1 N–H and O–H groups in total. The molecule has 3 aromatic rings. The van der Waals surface area contributed by atoms with Crippen LogP contribution < -0.4 is 10.1 Å². The zero-order valence-electron chi connectivity index (χ0n) is 18.9. The molecule has 2 heterocycles. The molecule has 0 fully saturated rings. The standard InChI is InChI=1S/C26H24ClN5O2/c1-17(2)23-15-29-26(32(25(23)33)16-18-6-8-19(27)9-7-18)31-20-10-12-22(13-11-20)34-24-5-3-4-21(14-28)30-24/h3-13,17,23H,15-16H2,1-2H3,(H,29,31). The van der Waals surface area contributed by atoms with E-state index in [1.165, 1.54) is 0 Å². The molecule has 172 valence electrons. The van der Waals surface area contributed by atoms with Crippen molar-refractivity contribution in [3.05, 3.63) is 83.0 Å². The highest BCUT2D eigenvalue weighted by Gasteiger charge is 2.33. The van der Waals surface area contributed by atoms with E-state index < -0.39 is 0 Å². The number of aromatic nitrogens is 1. The van der Waals surface area contributed by atoms with Gasteiger partial charge in [0.1, 0.15) is 17.5 Å². The minimum absolute atomic E-state index is 0.0471. The van der Waals surface area contributed by atoms with Gasteiger partial charge < -0.3 is 10.1 Å². The Kier molecular flexibility index (Phi) is 7.09. The molecule has 7 nitrogen and oxygen atoms in total. The summed E-state index contributed by atoms with van der Waals surface area (Å²) in [6, 6.07) is 21.7.